The van der Waals surface area contributed by atoms with Gasteiger partial charge in [-0.3, -0.25) is 4.79 Å². The molecule has 0 spiro atoms. The van der Waals surface area contributed by atoms with Gasteiger partial charge in [0.25, 0.3) is 0 Å². The molecule has 0 saturated heterocycles. The van der Waals surface area contributed by atoms with E-state index in [-0.39, 0.29) is 18.3 Å². The van der Waals surface area contributed by atoms with Crippen LogP contribution in [0.4, 0.5) is 10.1 Å². The number of rotatable bonds is 6. The second-order valence-corrected chi connectivity index (χ2v) is 4.76. The zero-order valence-corrected chi connectivity index (χ0v) is 12.0. The van der Waals surface area contributed by atoms with Crippen molar-refractivity contribution in [3.8, 4) is 6.07 Å². The average Bonchev–Trinajstić information content (AvgIpc) is 2.53. The molecule has 1 amide bonds. The SMILES string of the molecule is N#Cc1cccc(NC(=O)CNCCc2ccccc2F)c1. The first kappa shape index (κ1) is 15.7. The van der Waals surface area contributed by atoms with Crippen LogP contribution in [0.15, 0.2) is 48.5 Å². The molecule has 2 aromatic carbocycles. The van der Waals surface area contributed by atoms with E-state index in [2.05, 4.69) is 10.6 Å². The third-order valence-corrected chi connectivity index (χ3v) is 3.09. The Morgan fingerprint density at radius 2 is 2.00 bits per heavy atom. The molecule has 0 aliphatic carbocycles. The van der Waals surface area contributed by atoms with Crippen LogP contribution in [0.25, 0.3) is 0 Å². The molecule has 0 fully saturated rings. The van der Waals surface area contributed by atoms with Crippen LogP contribution >= 0.6 is 0 Å². The third-order valence-electron chi connectivity index (χ3n) is 3.09. The second kappa shape index (κ2) is 7.91. The van der Waals surface area contributed by atoms with Crippen LogP contribution in [0.5, 0.6) is 0 Å². The lowest BCUT2D eigenvalue weighted by Gasteiger charge is -2.07. The molecule has 0 aliphatic rings. The normalized spacial score (nSPS) is 10.0. The van der Waals surface area contributed by atoms with Crippen molar-refractivity contribution in [2.24, 2.45) is 0 Å². The molecule has 5 heteroatoms. The molecule has 0 unspecified atom stereocenters. The van der Waals surface area contributed by atoms with Crippen molar-refractivity contribution in [3.05, 3.63) is 65.5 Å². The third kappa shape index (κ3) is 4.69. The summed E-state index contributed by atoms with van der Waals surface area (Å²) < 4.78 is 13.4. The van der Waals surface area contributed by atoms with Gasteiger partial charge in [-0.25, -0.2) is 4.39 Å². The molecule has 0 saturated carbocycles. The lowest BCUT2D eigenvalue weighted by atomic mass is 10.1. The maximum Gasteiger partial charge on any atom is 0.238 e. The Labute approximate surface area is 128 Å². The minimum absolute atomic E-state index is 0.130. The number of halogens is 1. The van der Waals surface area contributed by atoms with E-state index in [1.807, 2.05) is 6.07 Å². The van der Waals surface area contributed by atoms with E-state index in [0.29, 0.717) is 29.8 Å². The van der Waals surface area contributed by atoms with Gasteiger partial charge in [-0.05, 0) is 42.8 Å². The van der Waals surface area contributed by atoms with Gasteiger partial charge >= 0.3 is 0 Å². The number of nitrogens with zero attached hydrogens (tertiary/aromatic N) is 1. The Morgan fingerprint density at radius 3 is 2.77 bits per heavy atom. The number of hydrogen-bond acceptors (Lipinski definition) is 3. The topological polar surface area (TPSA) is 64.9 Å². The van der Waals surface area contributed by atoms with Gasteiger partial charge in [-0.2, -0.15) is 5.26 Å². The fourth-order valence-corrected chi connectivity index (χ4v) is 2.00. The van der Waals surface area contributed by atoms with Crippen molar-refractivity contribution in [1.29, 1.82) is 5.26 Å². The fourth-order valence-electron chi connectivity index (χ4n) is 2.00. The quantitative estimate of drug-likeness (QED) is 0.805. The van der Waals surface area contributed by atoms with Crippen LogP contribution in [0.2, 0.25) is 0 Å². The highest BCUT2D eigenvalue weighted by molar-refractivity contribution is 5.92. The molecule has 0 heterocycles. The van der Waals surface area contributed by atoms with E-state index in [1.165, 1.54) is 6.07 Å². The fraction of sp³-hybridized carbons (Fsp3) is 0.176. The molecule has 2 rings (SSSR count). The number of hydrogen-bond donors (Lipinski definition) is 2. The van der Waals surface area contributed by atoms with Crippen LogP contribution in [0, 0.1) is 17.1 Å². The van der Waals surface area contributed by atoms with Gasteiger partial charge < -0.3 is 10.6 Å². The predicted octanol–water partition coefficient (Wildman–Crippen LogP) is 2.47. The smallest absolute Gasteiger partial charge is 0.238 e. The first-order chi connectivity index (χ1) is 10.7. The van der Waals surface area contributed by atoms with E-state index in [1.54, 1.807) is 42.5 Å². The summed E-state index contributed by atoms with van der Waals surface area (Å²) in [6, 6.07) is 15.3. The summed E-state index contributed by atoms with van der Waals surface area (Å²) in [5.74, 6) is -0.439. The molecular formula is C17H16FN3O. The van der Waals surface area contributed by atoms with E-state index in [4.69, 9.17) is 5.26 Å². The minimum Gasteiger partial charge on any atom is -0.325 e. The average molecular weight is 297 g/mol. The van der Waals surface area contributed by atoms with Gasteiger partial charge in [0.1, 0.15) is 5.82 Å². The molecule has 0 bridgehead atoms. The van der Waals surface area contributed by atoms with Crippen LogP contribution in [0.3, 0.4) is 0 Å². The summed E-state index contributed by atoms with van der Waals surface area (Å²) in [4.78, 5) is 11.8. The van der Waals surface area contributed by atoms with Crippen molar-refractivity contribution in [1.82, 2.24) is 5.32 Å². The molecular weight excluding hydrogens is 281 g/mol. The Balaban J connectivity index is 1.74. The maximum absolute atomic E-state index is 13.4. The number of nitrogens with one attached hydrogen (secondary N) is 2. The van der Waals surface area contributed by atoms with Crippen LogP contribution in [-0.2, 0) is 11.2 Å². The van der Waals surface area contributed by atoms with Crippen molar-refractivity contribution < 1.29 is 9.18 Å². The highest BCUT2D eigenvalue weighted by Gasteiger charge is 2.04. The van der Waals surface area contributed by atoms with E-state index in [9.17, 15) is 9.18 Å². The minimum atomic E-state index is -0.234. The van der Waals surface area contributed by atoms with Gasteiger partial charge in [-0.1, -0.05) is 24.3 Å². The van der Waals surface area contributed by atoms with Crippen LogP contribution in [-0.4, -0.2) is 19.0 Å². The number of benzene rings is 2. The van der Waals surface area contributed by atoms with E-state index < -0.39 is 0 Å². The summed E-state index contributed by atoms with van der Waals surface area (Å²) in [6.07, 6.45) is 0.518. The van der Waals surface area contributed by atoms with Gasteiger partial charge in [0, 0.05) is 5.69 Å². The molecule has 112 valence electrons. The molecule has 22 heavy (non-hydrogen) atoms. The lowest BCUT2D eigenvalue weighted by Crippen LogP contribution is -2.29. The Kier molecular flexibility index (Phi) is 5.64. The zero-order valence-electron chi connectivity index (χ0n) is 12.0. The van der Waals surface area contributed by atoms with Gasteiger partial charge in [0.05, 0.1) is 18.2 Å². The number of carbonyl (C=O) groups is 1. The first-order valence-electron chi connectivity index (χ1n) is 6.93. The number of nitriles is 1. The van der Waals surface area contributed by atoms with Crippen LogP contribution < -0.4 is 10.6 Å². The molecule has 0 radical (unpaired) electrons. The highest BCUT2D eigenvalue weighted by Crippen LogP contribution is 2.09. The molecule has 0 aromatic heterocycles. The van der Waals surface area contributed by atoms with Gasteiger partial charge in [0.2, 0.25) is 5.91 Å². The van der Waals surface area contributed by atoms with E-state index in [0.717, 1.165) is 0 Å². The highest BCUT2D eigenvalue weighted by atomic mass is 19.1. The lowest BCUT2D eigenvalue weighted by molar-refractivity contribution is -0.115. The monoisotopic (exact) mass is 297 g/mol. The van der Waals surface area contributed by atoms with Crippen molar-refractivity contribution >= 4 is 11.6 Å². The van der Waals surface area contributed by atoms with Gasteiger partial charge in [0.15, 0.2) is 0 Å². The molecule has 0 atom stereocenters. The molecule has 0 aliphatic heterocycles. The Morgan fingerprint density at radius 1 is 1.18 bits per heavy atom. The molecule has 2 N–H and O–H groups in total. The first-order valence-corrected chi connectivity index (χ1v) is 6.93. The molecule has 2 aromatic rings. The predicted molar refractivity (Wildman–Crippen MR) is 82.8 cm³/mol. The summed E-state index contributed by atoms with van der Waals surface area (Å²) in [6.45, 7) is 0.637. The largest absolute Gasteiger partial charge is 0.325 e. The second-order valence-electron chi connectivity index (χ2n) is 4.76. The van der Waals surface area contributed by atoms with Gasteiger partial charge in [-0.15, -0.1) is 0 Å². The van der Waals surface area contributed by atoms with Crippen molar-refractivity contribution in [2.45, 2.75) is 6.42 Å². The summed E-state index contributed by atoms with van der Waals surface area (Å²) in [5.41, 5.74) is 1.70. The van der Waals surface area contributed by atoms with E-state index >= 15 is 0 Å². The van der Waals surface area contributed by atoms with Crippen molar-refractivity contribution in [3.63, 3.8) is 0 Å². The summed E-state index contributed by atoms with van der Waals surface area (Å²) in [5, 5.41) is 14.5. The number of carbonyl (C=O) groups excluding carboxylic acids is 1. The summed E-state index contributed by atoms with van der Waals surface area (Å²) in [7, 11) is 0. The number of amides is 1. The zero-order chi connectivity index (χ0) is 15.8. The number of anilines is 1. The molecule has 4 nitrogen and oxygen atoms in total. The Bertz CT molecular complexity index is 694. The standard InChI is InChI=1S/C17H16FN3O/c18-16-7-2-1-5-14(16)8-9-20-12-17(22)21-15-6-3-4-13(10-15)11-19/h1-7,10,20H,8-9,12H2,(H,21,22). The van der Waals surface area contributed by atoms with Crippen LogP contribution in [0.1, 0.15) is 11.1 Å². The summed E-state index contributed by atoms with van der Waals surface area (Å²) >= 11 is 0. The maximum atomic E-state index is 13.4. The Hall–Kier alpha value is -2.71. The van der Waals surface area contributed by atoms with Crippen molar-refractivity contribution in [2.75, 3.05) is 18.4 Å².